The fourth-order valence-corrected chi connectivity index (χ4v) is 3.87. The summed E-state index contributed by atoms with van der Waals surface area (Å²) in [6, 6.07) is 7.35. The molecule has 1 aromatic carbocycles. The van der Waals surface area contributed by atoms with Gasteiger partial charge in [-0.2, -0.15) is 13.1 Å². The summed E-state index contributed by atoms with van der Waals surface area (Å²) in [5, 5.41) is 3.52. The molecule has 5 nitrogen and oxygen atoms in total. The molecule has 0 atom stereocenters. The van der Waals surface area contributed by atoms with Crippen LogP contribution in [0.25, 0.3) is 10.6 Å². The summed E-state index contributed by atoms with van der Waals surface area (Å²) in [5.74, 6) is 0. The van der Waals surface area contributed by atoms with Gasteiger partial charge >= 0.3 is 0 Å². The van der Waals surface area contributed by atoms with Crippen LogP contribution >= 0.6 is 22.9 Å². The lowest BCUT2D eigenvalue weighted by Crippen LogP contribution is -2.41. The van der Waals surface area contributed by atoms with Crippen LogP contribution in [0.3, 0.4) is 0 Å². The Morgan fingerprint density at radius 2 is 1.95 bits per heavy atom. The topological polar surface area (TPSA) is 71.1 Å². The van der Waals surface area contributed by atoms with Gasteiger partial charge in [0.2, 0.25) is 0 Å². The van der Waals surface area contributed by atoms with Gasteiger partial charge in [-0.1, -0.05) is 23.7 Å². The first kappa shape index (κ1) is 17.4. The molecule has 0 unspecified atom stereocenters. The van der Waals surface area contributed by atoms with E-state index >= 15 is 0 Å². The van der Waals surface area contributed by atoms with Gasteiger partial charge in [-0.05, 0) is 26.0 Å². The van der Waals surface area contributed by atoms with Gasteiger partial charge in [-0.25, -0.2) is 9.71 Å². The third-order valence-corrected chi connectivity index (χ3v) is 5.27. The smallest absolute Gasteiger partial charge is 0.241 e. The molecule has 22 heavy (non-hydrogen) atoms. The fourth-order valence-electron chi connectivity index (χ4n) is 1.81. The van der Waals surface area contributed by atoms with Crippen LogP contribution in [0.15, 0.2) is 29.6 Å². The highest BCUT2D eigenvalue weighted by Crippen LogP contribution is 2.25. The largest absolute Gasteiger partial charge is 0.277 e. The Hall–Kier alpha value is -0.990. The Labute approximate surface area is 139 Å². The highest BCUT2D eigenvalue weighted by Gasteiger charge is 2.11. The van der Waals surface area contributed by atoms with Crippen molar-refractivity contribution < 1.29 is 8.42 Å². The Balaban J connectivity index is 1.91. The lowest BCUT2D eigenvalue weighted by molar-refractivity contribution is 0.555. The minimum Gasteiger partial charge on any atom is -0.241 e. The molecule has 1 heterocycles. The van der Waals surface area contributed by atoms with E-state index in [9.17, 15) is 8.42 Å². The number of benzene rings is 1. The summed E-state index contributed by atoms with van der Waals surface area (Å²) in [6.07, 6.45) is 0.545. The van der Waals surface area contributed by atoms with Crippen LogP contribution in [0.4, 0.5) is 0 Å². The molecule has 8 heteroatoms. The molecule has 2 N–H and O–H groups in total. The van der Waals surface area contributed by atoms with Crippen molar-refractivity contribution in [1.29, 1.82) is 0 Å². The lowest BCUT2D eigenvalue weighted by Gasteiger charge is -2.09. The van der Waals surface area contributed by atoms with E-state index in [1.54, 1.807) is 13.8 Å². The van der Waals surface area contributed by atoms with E-state index in [1.807, 2.05) is 29.6 Å². The second-order valence-electron chi connectivity index (χ2n) is 5.07. The highest BCUT2D eigenvalue weighted by atomic mass is 35.5. The summed E-state index contributed by atoms with van der Waals surface area (Å²) in [7, 11) is -3.44. The predicted molar refractivity (Wildman–Crippen MR) is 91.5 cm³/mol. The number of aromatic nitrogens is 1. The second kappa shape index (κ2) is 7.52. The molecule has 0 aliphatic carbocycles. The highest BCUT2D eigenvalue weighted by molar-refractivity contribution is 7.87. The van der Waals surface area contributed by atoms with Crippen LogP contribution in [0.5, 0.6) is 0 Å². The number of hydrogen-bond acceptors (Lipinski definition) is 4. The number of rotatable bonds is 7. The lowest BCUT2D eigenvalue weighted by atomic mass is 10.2. The van der Waals surface area contributed by atoms with Crippen LogP contribution in [-0.2, 0) is 16.6 Å². The van der Waals surface area contributed by atoms with Crippen LogP contribution in [0.2, 0.25) is 5.02 Å². The van der Waals surface area contributed by atoms with E-state index in [4.69, 9.17) is 11.6 Å². The van der Waals surface area contributed by atoms with Crippen molar-refractivity contribution in [3.63, 3.8) is 0 Å². The number of thiazole rings is 1. The molecule has 0 saturated carbocycles. The van der Waals surface area contributed by atoms with Crippen LogP contribution < -0.4 is 9.44 Å². The Morgan fingerprint density at radius 3 is 2.59 bits per heavy atom. The zero-order valence-corrected chi connectivity index (χ0v) is 14.7. The SMILES string of the molecule is CC(C)NS(=O)(=O)NCCc1csc(-c2ccc(Cl)cc2)n1. The van der Waals surface area contributed by atoms with Gasteiger partial charge in [0, 0.05) is 35.0 Å². The van der Waals surface area contributed by atoms with Crippen molar-refractivity contribution in [3.05, 3.63) is 40.4 Å². The van der Waals surface area contributed by atoms with E-state index in [-0.39, 0.29) is 6.04 Å². The molecule has 0 radical (unpaired) electrons. The number of hydrogen-bond donors (Lipinski definition) is 2. The van der Waals surface area contributed by atoms with Crippen molar-refractivity contribution in [2.24, 2.45) is 0 Å². The Kier molecular flexibility index (Phi) is 5.94. The first-order valence-corrected chi connectivity index (χ1v) is 9.57. The van der Waals surface area contributed by atoms with Gasteiger partial charge in [0.05, 0.1) is 5.69 Å². The molecule has 120 valence electrons. The molecule has 2 aromatic rings. The number of halogens is 1. The fraction of sp³-hybridized carbons (Fsp3) is 0.357. The zero-order valence-electron chi connectivity index (χ0n) is 12.3. The van der Waals surface area contributed by atoms with Crippen LogP contribution in [-0.4, -0.2) is 26.0 Å². The van der Waals surface area contributed by atoms with E-state index in [0.717, 1.165) is 16.3 Å². The average molecular weight is 360 g/mol. The standard InChI is InChI=1S/C14H18ClN3O2S2/c1-10(2)18-22(19,20)16-8-7-13-9-21-14(17-13)11-3-5-12(15)6-4-11/h3-6,9-10,16,18H,7-8H2,1-2H3. The minimum absolute atomic E-state index is 0.131. The maximum Gasteiger partial charge on any atom is 0.277 e. The number of nitrogens with one attached hydrogen (secondary N) is 2. The van der Waals surface area contributed by atoms with Gasteiger partial charge in [-0.3, -0.25) is 0 Å². The summed E-state index contributed by atoms with van der Waals surface area (Å²) in [6.45, 7) is 3.86. The maximum absolute atomic E-state index is 11.6. The van der Waals surface area contributed by atoms with Crippen molar-refractivity contribution in [1.82, 2.24) is 14.4 Å². The van der Waals surface area contributed by atoms with Crippen molar-refractivity contribution >= 4 is 33.1 Å². The Bertz CT molecular complexity index is 712. The molecule has 0 amide bonds. The molecule has 0 aliphatic heterocycles. The maximum atomic E-state index is 11.6. The van der Waals surface area contributed by atoms with Gasteiger partial charge in [-0.15, -0.1) is 11.3 Å². The third kappa shape index (κ3) is 5.33. The minimum atomic E-state index is -3.44. The van der Waals surface area contributed by atoms with Gasteiger partial charge in [0.25, 0.3) is 10.2 Å². The molecular weight excluding hydrogens is 342 g/mol. The van der Waals surface area contributed by atoms with Gasteiger partial charge in [0.1, 0.15) is 5.01 Å². The molecule has 0 saturated heterocycles. The quantitative estimate of drug-likeness (QED) is 0.798. The van der Waals surface area contributed by atoms with Gasteiger partial charge in [0.15, 0.2) is 0 Å². The van der Waals surface area contributed by atoms with Crippen molar-refractivity contribution in [3.8, 4) is 10.6 Å². The average Bonchev–Trinajstić information content (AvgIpc) is 2.86. The van der Waals surface area contributed by atoms with E-state index in [2.05, 4.69) is 14.4 Å². The molecule has 0 aliphatic rings. The molecule has 0 spiro atoms. The summed E-state index contributed by atoms with van der Waals surface area (Å²) in [5.41, 5.74) is 1.87. The third-order valence-electron chi connectivity index (χ3n) is 2.71. The summed E-state index contributed by atoms with van der Waals surface area (Å²) < 4.78 is 28.3. The van der Waals surface area contributed by atoms with Crippen LogP contribution in [0.1, 0.15) is 19.5 Å². The molecular formula is C14H18ClN3O2S2. The Morgan fingerprint density at radius 1 is 1.27 bits per heavy atom. The second-order valence-corrected chi connectivity index (χ2v) is 7.90. The molecule has 1 aromatic heterocycles. The van der Waals surface area contributed by atoms with Crippen molar-refractivity contribution in [2.45, 2.75) is 26.3 Å². The van der Waals surface area contributed by atoms with Crippen molar-refractivity contribution in [2.75, 3.05) is 6.54 Å². The normalized spacial score (nSPS) is 12.0. The first-order chi connectivity index (χ1) is 10.4. The molecule has 2 rings (SSSR count). The zero-order chi connectivity index (χ0) is 16.2. The van der Waals surface area contributed by atoms with E-state index < -0.39 is 10.2 Å². The number of nitrogens with zero attached hydrogens (tertiary/aromatic N) is 1. The first-order valence-electron chi connectivity index (χ1n) is 6.83. The molecule has 0 fully saturated rings. The van der Waals surface area contributed by atoms with Gasteiger partial charge < -0.3 is 0 Å². The summed E-state index contributed by atoms with van der Waals surface area (Å²) in [4.78, 5) is 4.51. The van der Waals surface area contributed by atoms with E-state index in [1.165, 1.54) is 11.3 Å². The monoisotopic (exact) mass is 359 g/mol. The summed E-state index contributed by atoms with van der Waals surface area (Å²) >= 11 is 7.39. The molecule has 0 bridgehead atoms. The predicted octanol–water partition coefficient (Wildman–Crippen LogP) is 2.84. The van der Waals surface area contributed by atoms with Crippen LogP contribution in [0, 0.1) is 0 Å². The van der Waals surface area contributed by atoms with E-state index in [0.29, 0.717) is 18.0 Å².